The molecular formula is C11H14FNO. The SMILES string of the molecule is Cc1ccc(N2CCC(O)C2)c(F)c1. The standard InChI is InChI=1S/C11H14FNO/c1-8-2-3-11(10(12)6-8)13-5-4-9(14)7-13/h2-3,6,9,14H,4-5,7H2,1H3. The molecule has 0 aliphatic carbocycles. The molecule has 1 aromatic carbocycles. The van der Waals surface area contributed by atoms with Crippen molar-refractivity contribution >= 4 is 5.69 Å². The van der Waals surface area contributed by atoms with Crippen molar-refractivity contribution in [2.75, 3.05) is 18.0 Å². The van der Waals surface area contributed by atoms with E-state index in [1.165, 1.54) is 6.07 Å². The van der Waals surface area contributed by atoms with Crippen LogP contribution in [0.15, 0.2) is 18.2 Å². The lowest BCUT2D eigenvalue weighted by Crippen LogP contribution is -2.22. The van der Waals surface area contributed by atoms with Crippen molar-refractivity contribution in [1.29, 1.82) is 0 Å². The van der Waals surface area contributed by atoms with Crippen molar-refractivity contribution in [3.05, 3.63) is 29.6 Å². The van der Waals surface area contributed by atoms with Gasteiger partial charge in [0.25, 0.3) is 0 Å². The van der Waals surface area contributed by atoms with E-state index >= 15 is 0 Å². The number of aliphatic hydroxyl groups excluding tert-OH is 1. The number of β-amino-alcohol motifs (C(OH)–C–C–N with tert-alkyl or cyclic N) is 1. The molecule has 0 saturated carbocycles. The molecular weight excluding hydrogens is 181 g/mol. The summed E-state index contributed by atoms with van der Waals surface area (Å²) in [6.45, 7) is 3.15. The fraction of sp³-hybridized carbons (Fsp3) is 0.455. The normalized spacial score (nSPS) is 21.6. The number of aliphatic hydroxyl groups is 1. The Morgan fingerprint density at radius 3 is 2.86 bits per heavy atom. The zero-order valence-electron chi connectivity index (χ0n) is 8.20. The van der Waals surface area contributed by atoms with Gasteiger partial charge in [-0.1, -0.05) is 6.07 Å². The summed E-state index contributed by atoms with van der Waals surface area (Å²) in [5.74, 6) is -0.195. The average molecular weight is 195 g/mol. The van der Waals surface area contributed by atoms with Crippen molar-refractivity contribution in [3.63, 3.8) is 0 Å². The average Bonchev–Trinajstić information content (AvgIpc) is 2.51. The zero-order chi connectivity index (χ0) is 10.1. The molecule has 1 unspecified atom stereocenters. The van der Waals surface area contributed by atoms with Gasteiger partial charge in [0.05, 0.1) is 11.8 Å². The third kappa shape index (κ3) is 1.73. The van der Waals surface area contributed by atoms with Gasteiger partial charge in [0.2, 0.25) is 0 Å². The van der Waals surface area contributed by atoms with Crippen molar-refractivity contribution < 1.29 is 9.50 Å². The van der Waals surface area contributed by atoms with Gasteiger partial charge in [-0.15, -0.1) is 0 Å². The van der Waals surface area contributed by atoms with Crippen LogP contribution in [0.25, 0.3) is 0 Å². The summed E-state index contributed by atoms with van der Waals surface area (Å²) in [6, 6.07) is 5.20. The number of rotatable bonds is 1. The molecule has 0 aromatic heterocycles. The Bertz CT molecular complexity index is 340. The zero-order valence-corrected chi connectivity index (χ0v) is 8.20. The van der Waals surface area contributed by atoms with Crippen molar-refractivity contribution in [2.45, 2.75) is 19.4 Å². The van der Waals surface area contributed by atoms with Crippen LogP contribution in [-0.4, -0.2) is 24.3 Å². The predicted molar refractivity (Wildman–Crippen MR) is 54.0 cm³/mol. The smallest absolute Gasteiger partial charge is 0.146 e. The van der Waals surface area contributed by atoms with Crippen molar-refractivity contribution in [3.8, 4) is 0 Å². The predicted octanol–water partition coefficient (Wildman–Crippen LogP) is 1.71. The Morgan fingerprint density at radius 2 is 2.29 bits per heavy atom. The maximum absolute atomic E-state index is 13.5. The first-order valence-corrected chi connectivity index (χ1v) is 4.86. The minimum Gasteiger partial charge on any atom is -0.391 e. The van der Waals surface area contributed by atoms with Gasteiger partial charge < -0.3 is 10.0 Å². The lowest BCUT2D eigenvalue weighted by molar-refractivity contribution is 0.198. The quantitative estimate of drug-likeness (QED) is 0.737. The molecule has 2 nitrogen and oxygen atoms in total. The number of nitrogens with zero attached hydrogens (tertiary/aromatic N) is 1. The molecule has 1 aliphatic heterocycles. The van der Waals surface area contributed by atoms with E-state index in [1.807, 2.05) is 17.9 Å². The van der Waals surface area contributed by atoms with Gasteiger partial charge in [0.1, 0.15) is 5.82 Å². The second kappa shape index (κ2) is 3.58. The molecule has 1 fully saturated rings. The van der Waals surface area contributed by atoms with Gasteiger partial charge in [-0.25, -0.2) is 4.39 Å². The molecule has 0 bridgehead atoms. The van der Waals surface area contributed by atoms with Crippen LogP contribution in [0.5, 0.6) is 0 Å². The maximum Gasteiger partial charge on any atom is 0.146 e. The molecule has 76 valence electrons. The molecule has 0 radical (unpaired) electrons. The summed E-state index contributed by atoms with van der Waals surface area (Å²) in [5.41, 5.74) is 1.53. The summed E-state index contributed by atoms with van der Waals surface area (Å²) >= 11 is 0. The molecule has 14 heavy (non-hydrogen) atoms. The van der Waals surface area contributed by atoms with Gasteiger partial charge in [0, 0.05) is 13.1 Å². The lowest BCUT2D eigenvalue weighted by atomic mass is 10.2. The van der Waals surface area contributed by atoms with Crippen LogP contribution in [0.4, 0.5) is 10.1 Å². The summed E-state index contributed by atoms with van der Waals surface area (Å²) in [5, 5.41) is 9.34. The minimum absolute atomic E-state index is 0.195. The fourth-order valence-corrected chi connectivity index (χ4v) is 1.83. The summed E-state index contributed by atoms with van der Waals surface area (Å²) in [6.07, 6.45) is 0.420. The Morgan fingerprint density at radius 1 is 1.50 bits per heavy atom. The molecule has 0 amide bonds. The molecule has 1 saturated heterocycles. The molecule has 1 atom stereocenters. The molecule has 1 heterocycles. The fourth-order valence-electron chi connectivity index (χ4n) is 1.83. The van der Waals surface area contributed by atoms with E-state index < -0.39 is 0 Å². The third-order valence-electron chi connectivity index (χ3n) is 2.61. The number of benzene rings is 1. The second-order valence-corrected chi connectivity index (χ2v) is 3.84. The van der Waals surface area contributed by atoms with Crippen LogP contribution < -0.4 is 4.90 Å². The highest BCUT2D eigenvalue weighted by Gasteiger charge is 2.22. The third-order valence-corrected chi connectivity index (χ3v) is 2.61. The molecule has 1 aliphatic rings. The minimum atomic E-state index is -0.310. The van der Waals surface area contributed by atoms with E-state index in [1.54, 1.807) is 6.07 Å². The number of hydrogen-bond acceptors (Lipinski definition) is 2. The van der Waals surface area contributed by atoms with Gasteiger partial charge >= 0.3 is 0 Å². The Hall–Kier alpha value is -1.09. The van der Waals surface area contributed by atoms with Crippen LogP contribution in [0.2, 0.25) is 0 Å². The maximum atomic E-state index is 13.5. The van der Waals surface area contributed by atoms with E-state index in [2.05, 4.69) is 0 Å². The van der Waals surface area contributed by atoms with E-state index in [0.29, 0.717) is 12.2 Å². The van der Waals surface area contributed by atoms with E-state index in [9.17, 15) is 9.50 Å². The highest BCUT2D eigenvalue weighted by atomic mass is 19.1. The summed E-state index contributed by atoms with van der Waals surface area (Å²) in [4.78, 5) is 1.89. The van der Waals surface area contributed by atoms with Crippen LogP contribution >= 0.6 is 0 Å². The summed E-state index contributed by atoms with van der Waals surface area (Å²) in [7, 11) is 0. The Labute approximate surface area is 83.0 Å². The molecule has 0 spiro atoms. The second-order valence-electron chi connectivity index (χ2n) is 3.84. The monoisotopic (exact) mass is 195 g/mol. The van der Waals surface area contributed by atoms with Crippen LogP contribution in [0.3, 0.4) is 0 Å². The van der Waals surface area contributed by atoms with Gasteiger partial charge in [0.15, 0.2) is 0 Å². The van der Waals surface area contributed by atoms with E-state index in [4.69, 9.17) is 0 Å². The number of anilines is 1. The first kappa shape index (κ1) is 9.46. The Balaban J connectivity index is 2.24. The first-order chi connectivity index (χ1) is 6.66. The Kier molecular flexibility index (Phi) is 2.42. The van der Waals surface area contributed by atoms with Crippen molar-refractivity contribution in [1.82, 2.24) is 0 Å². The molecule has 2 rings (SSSR count). The lowest BCUT2D eigenvalue weighted by Gasteiger charge is -2.18. The van der Waals surface area contributed by atoms with Crippen LogP contribution in [-0.2, 0) is 0 Å². The summed E-state index contributed by atoms with van der Waals surface area (Å²) < 4.78 is 13.5. The van der Waals surface area contributed by atoms with Gasteiger partial charge in [-0.3, -0.25) is 0 Å². The number of aryl methyl sites for hydroxylation is 1. The molecule has 3 heteroatoms. The highest BCUT2D eigenvalue weighted by molar-refractivity contribution is 5.50. The largest absolute Gasteiger partial charge is 0.391 e. The van der Waals surface area contributed by atoms with Gasteiger partial charge in [-0.05, 0) is 31.0 Å². The molecule has 1 N–H and O–H groups in total. The van der Waals surface area contributed by atoms with E-state index in [-0.39, 0.29) is 11.9 Å². The van der Waals surface area contributed by atoms with Gasteiger partial charge in [-0.2, -0.15) is 0 Å². The molecule has 1 aromatic rings. The van der Waals surface area contributed by atoms with Crippen LogP contribution in [0.1, 0.15) is 12.0 Å². The number of hydrogen-bond donors (Lipinski definition) is 1. The van der Waals surface area contributed by atoms with Crippen molar-refractivity contribution in [2.24, 2.45) is 0 Å². The highest BCUT2D eigenvalue weighted by Crippen LogP contribution is 2.24. The van der Waals surface area contributed by atoms with Crippen LogP contribution in [0, 0.1) is 12.7 Å². The number of halogens is 1. The van der Waals surface area contributed by atoms with E-state index in [0.717, 1.165) is 18.5 Å². The topological polar surface area (TPSA) is 23.5 Å². The first-order valence-electron chi connectivity index (χ1n) is 4.86.